The highest BCUT2D eigenvalue weighted by Gasteiger charge is 2.08. The summed E-state index contributed by atoms with van der Waals surface area (Å²) in [5.41, 5.74) is 7.24. The maximum Gasteiger partial charge on any atom is 0.261 e. The molecule has 6 heteroatoms. The summed E-state index contributed by atoms with van der Waals surface area (Å²) in [6.07, 6.45) is 2.19. The first-order valence-electron chi connectivity index (χ1n) is 8.38. The number of aromatic nitrogens is 3. The van der Waals surface area contributed by atoms with E-state index >= 15 is 0 Å². The summed E-state index contributed by atoms with van der Waals surface area (Å²) in [6, 6.07) is 15.8. The Hall–Kier alpha value is -3.02. The van der Waals surface area contributed by atoms with Gasteiger partial charge in [0.25, 0.3) is 5.91 Å². The highest BCUT2D eigenvalue weighted by Crippen LogP contribution is 2.09. The van der Waals surface area contributed by atoms with Gasteiger partial charge in [-0.15, -0.1) is 5.10 Å². The van der Waals surface area contributed by atoms with Crippen LogP contribution in [0.5, 0.6) is 0 Å². The molecule has 0 spiro atoms. The van der Waals surface area contributed by atoms with Crippen molar-refractivity contribution in [3.8, 4) is 0 Å². The first kappa shape index (κ1) is 16.8. The number of fused-ring (bicyclic) bond motifs is 1. The molecule has 0 bridgehead atoms. The normalized spacial score (nSPS) is 11.7. The Balaban J connectivity index is 1.63. The Morgan fingerprint density at radius 3 is 2.68 bits per heavy atom. The molecule has 3 rings (SSSR count). The number of para-hydroxylation sites is 1. The molecule has 1 heterocycles. The molecule has 0 radical (unpaired) electrons. The minimum absolute atomic E-state index is 0.0761. The third-order valence-corrected chi connectivity index (χ3v) is 3.97. The number of amides is 1. The number of rotatable bonds is 6. The molecule has 0 fully saturated rings. The topological polar surface area (TPSA) is 72.2 Å². The van der Waals surface area contributed by atoms with Gasteiger partial charge in [0.15, 0.2) is 0 Å². The largest absolute Gasteiger partial charge is 0.271 e. The van der Waals surface area contributed by atoms with Crippen LogP contribution in [0.15, 0.2) is 53.6 Å². The predicted octanol–water partition coefficient (Wildman–Crippen LogP) is 2.92. The van der Waals surface area contributed by atoms with E-state index in [1.165, 1.54) is 5.56 Å². The molecule has 0 aliphatic carbocycles. The van der Waals surface area contributed by atoms with Gasteiger partial charge < -0.3 is 0 Å². The Kier molecular flexibility index (Phi) is 5.18. The number of nitrogens with zero attached hydrogens (tertiary/aromatic N) is 4. The minimum Gasteiger partial charge on any atom is -0.271 e. The van der Waals surface area contributed by atoms with Gasteiger partial charge in [0.1, 0.15) is 12.1 Å². The van der Waals surface area contributed by atoms with Gasteiger partial charge in [0.05, 0.1) is 11.2 Å². The van der Waals surface area contributed by atoms with Crippen LogP contribution >= 0.6 is 0 Å². The Morgan fingerprint density at radius 1 is 1.16 bits per heavy atom. The zero-order valence-corrected chi connectivity index (χ0v) is 14.4. The third kappa shape index (κ3) is 4.09. The lowest BCUT2D eigenvalue weighted by atomic mass is 10.1. The lowest BCUT2D eigenvalue weighted by Crippen LogP contribution is -2.24. The van der Waals surface area contributed by atoms with Crippen LogP contribution in [0.2, 0.25) is 0 Å². The Bertz CT molecular complexity index is 896. The van der Waals surface area contributed by atoms with Gasteiger partial charge in [-0.2, -0.15) is 5.10 Å². The van der Waals surface area contributed by atoms with E-state index in [4.69, 9.17) is 0 Å². The molecule has 0 saturated carbocycles. The first-order chi connectivity index (χ1) is 12.2. The summed E-state index contributed by atoms with van der Waals surface area (Å²) in [5.74, 6) is -0.238. The van der Waals surface area contributed by atoms with E-state index in [1.807, 2.05) is 43.3 Å². The SMILES string of the molecule is CCCc1ccc(/C(C)=N\NC(=O)Cn2nnc3ccccc32)cc1. The van der Waals surface area contributed by atoms with Gasteiger partial charge >= 0.3 is 0 Å². The monoisotopic (exact) mass is 335 g/mol. The number of benzene rings is 2. The molecule has 0 aliphatic heterocycles. The van der Waals surface area contributed by atoms with Crippen molar-refractivity contribution in [1.82, 2.24) is 20.4 Å². The van der Waals surface area contributed by atoms with Crippen molar-refractivity contribution in [3.63, 3.8) is 0 Å². The predicted molar refractivity (Wildman–Crippen MR) is 98.3 cm³/mol. The second-order valence-electron chi connectivity index (χ2n) is 5.91. The molecule has 0 saturated heterocycles. The fourth-order valence-electron chi connectivity index (χ4n) is 2.62. The smallest absolute Gasteiger partial charge is 0.261 e. The van der Waals surface area contributed by atoms with Gasteiger partial charge in [-0.05, 0) is 36.6 Å². The summed E-state index contributed by atoms with van der Waals surface area (Å²) in [4.78, 5) is 12.1. The minimum atomic E-state index is -0.238. The van der Waals surface area contributed by atoms with Crippen molar-refractivity contribution in [1.29, 1.82) is 0 Å². The number of nitrogens with one attached hydrogen (secondary N) is 1. The molecule has 25 heavy (non-hydrogen) atoms. The first-order valence-corrected chi connectivity index (χ1v) is 8.38. The quantitative estimate of drug-likeness (QED) is 0.556. The van der Waals surface area contributed by atoms with Crippen LogP contribution in [0, 0.1) is 0 Å². The molecule has 3 aromatic rings. The van der Waals surface area contributed by atoms with Gasteiger partial charge in [-0.1, -0.05) is 55.0 Å². The Morgan fingerprint density at radius 2 is 1.92 bits per heavy atom. The second-order valence-corrected chi connectivity index (χ2v) is 5.91. The van der Waals surface area contributed by atoms with Crippen LogP contribution in [0.1, 0.15) is 31.4 Å². The third-order valence-electron chi connectivity index (χ3n) is 3.97. The van der Waals surface area contributed by atoms with Gasteiger partial charge in [0, 0.05) is 0 Å². The summed E-state index contributed by atoms with van der Waals surface area (Å²) in [7, 11) is 0. The van der Waals surface area contributed by atoms with Gasteiger partial charge in [-0.25, -0.2) is 10.1 Å². The average Bonchev–Trinajstić information content (AvgIpc) is 3.04. The molecule has 1 aromatic heterocycles. The lowest BCUT2D eigenvalue weighted by molar-refractivity contribution is -0.121. The van der Waals surface area contributed by atoms with Crippen molar-refractivity contribution in [3.05, 3.63) is 59.7 Å². The van der Waals surface area contributed by atoms with Crippen molar-refractivity contribution in [2.24, 2.45) is 5.10 Å². The fraction of sp³-hybridized carbons (Fsp3) is 0.263. The van der Waals surface area contributed by atoms with Crippen LogP contribution in [-0.2, 0) is 17.8 Å². The highest BCUT2D eigenvalue weighted by atomic mass is 16.2. The highest BCUT2D eigenvalue weighted by molar-refractivity contribution is 5.99. The van der Waals surface area contributed by atoms with Crippen molar-refractivity contribution in [2.45, 2.75) is 33.2 Å². The average molecular weight is 335 g/mol. The maximum atomic E-state index is 12.1. The summed E-state index contributed by atoms with van der Waals surface area (Å²) >= 11 is 0. The van der Waals surface area contributed by atoms with Crippen LogP contribution in [-0.4, -0.2) is 26.6 Å². The van der Waals surface area contributed by atoms with E-state index in [0.717, 1.165) is 35.2 Å². The van der Waals surface area contributed by atoms with Crippen molar-refractivity contribution >= 4 is 22.7 Å². The van der Waals surface area contributed by atoms with Crippen molar-refractivity contribution < 1.29 is 4.79 Å². The molecule has 6 nitrogen and oxygen atoms in total. The van der Waals surface area contributed by atoms with E-state index in [9.17, 15) is 4.79 Å². The summed E-state index contributed by atoms with van der Waals surface area (Å²) in [5, 5.41) is 12.2. The Labute approximate surface area is 146 Å². The van der Waals surface area contributed by atoms with E-state index in [1.54, 1.807) is 4.68 Å². The van der Waals surface area contributed by atoms with E-state index < -0.39 is 0 Å². The van der Waals surface area contributed by atoms with E-state index in [-0.39, 0.29) is 12.5 Å². The molecular formula is C19H21N5O. The molecule has 2 aromatic carbocycles. The standard InChI is InChI=1S/C19H21N5O/c1-3-6-15-9-11-16(12-10-15)14(2)20-22-19(25)13-24-18-8-5-4-7-17(18)21-23-24/h4-5,7-12H,3,6,13H2,1-2H3,(H,22,25)/b20-14-. The van der Waals surface area contributed by atoms with Gasteiger partial charge in [0.2, 0.25) is 0 Å². The van der Waals surface area contributed by atoms with Crippen LogP contribution < -0.4 is 5.43 Å². The maximum absolute atomic E-state index is 12.1. The van der Waals surface area contributed by atoms with Crippen LogP contribution in [0.25, 0.3) is 11.0 Å². The molecule has 0 atom stereocenters. The fourth-order valence-corrected chi connectivity index (χ4v) is 2.62. The molecule has 0 aliphatic rings. The number of hydrogen-bond acceptors (Lipinski definition) is 4. The number of carbonyl (C=O) groups is 1. The van der Waals surface area contributed by atoms with E-state index in [0.29, 0.717) is 0 Å². The number of hydrogen-bond donors (Lipinski definition) is 1. The zero-order chi connectivity index (χ0) is 17.6. The number of hydrazone groups is 1. The summed E-state index contributed by atoms with van der Waals surface area (Å²) < 4.78 is 1.56. The summed E-state index contributed by atoms with van der Waals surface area (Å²) in [6.45, 7) is 4.11. The van der Waals surface area contributed by atoms with E-state index in [2.05, 4.69) is 39.9 Å². The lowest BCUT2D eigenvalue weighted by Gasteiger charge is -2.05. The molecule has 1 N–H and O–H groups in total. The van der Waals surface area contributed by atoms with Crippen LogP contribution in [0.3, 0.4) is 0 Å². The molecule has 1 amide bonds. The number of carbonyl (C=O) groups excluding carboxylic acids is 1. The van der Waals surface area contributed by atoms with Crippen LogP contribution in [0.4, 0.5) is 0 Å². The van der Waals surface area contributed by atoms with Crippen molar-refractivity contribution in [2.75, 3.05) is 0 Å². The van der Waals surface area contributed by atoms with Gasteiger partial charge in [-0.3, -0.25) is 4.79 Å². The molecule has 0 unspecified atom stereocenters. The second kappa shape index (κ2) is 7.70. The molecular weight excluding hydrogens is 314 g/mol. The molecule has 128 valence electrons. The zero-order valence-electron chi connectivity index (χ0n) is 14.4. The number of aryl methyl sites for hydroxylation is 1.